The van der Waals surface area contributed by atoms with Gasteiger partial charge in [-0.1, -0.05) is 6.92 Å². The molecule has 3 rings (SSSR count). The highest BCUT2D eigenvalue weighted by Crippen LogP contribution is 2.36. The number of rotatable bonds is 6. The molecule has 2 aliphatic rings. The minimum Gasteiger partial charge on any atom is -0.395 e. The van der Waals surface area contributed by atoms with Crippen LogP contribution in [-0.4, -0.2) is 68.5 Å². The van der Waals surface area contributed by atoms with Crippen molar-refractivity contribution < 1.29 is 5.11 Å². The van der Waals surface area contributed by atoms with Crippen molar-refractivity contribution in [3.05, 3.63) is 11.6 Å². The maximum atomic E-state index is 9.41. The van der Waals surface area contributed by atoms with Gasteiger partial charge in [0.2, 0.25) is 0 Å². The van der Waals surface area contributed by atoms with Gasteiger partial charge in [0.1, 0.15) is 11.6 Å². The quantitative estimate of drug-likeness (QED) is 0.841. The van der Waals surface area contributed by atoms with E-state index < -0.39 is 0 Å². The molecular weight excluding hydrogens is 266 g/mol. The number of aryl methyl sites for hydroxylation is 1. The average molecular weight is 293 g/mol. The van der Waals surface area contributed by atoms with Crippen LogP contribution < -0.4 is 0 Å². The molecule has 1 saturated carbocycles. The zero-order chi connectivity index (χ0) is 14.8. The summed E-state index contributed by atoms with van der Waals surface area (Å²) in [5.41, 5.74) is 0. The van der Waals surface area contributed by atoms with E-state index in [1.807, 2.05) is 0 Å². The largest absolute Gasteiger partial charge is 0.395 e. The molecule has 6 nitrogen and oxygen atoms in total. The van der Waals surface area contributed by atoms with E-state index in [9.17, 15) is 5.11 Å². The third kappa shape index (κ3) is 3.27. The van der Waals surface area contributed by atoms with Gasteiger partial charge in [-0.05, 0) is 26.2 Å². The first-order chi connectivity index (χ1) is 10.2. The predicted octanol–water partition coefficient (Wildman–Crippen LogP) is 0.810. The van der Waals surface area contributed by atoms with Gasteiger partial charge in [0.05, 0.1) is 13.2 Å². The number of piperazine rings is 1. The molecule has 2 fully saturated rings. The maximum absolute atomic E-state index is 9.41. The second-order valence-electron chi connectivity index (χ2n) is 6.32. The Labute approximate surface area is 126 Å². The van der Waals surface area contributed by atoms with Crippen molar-refractivity contribution in [2.45, 2.75) is 51.7 Å². The molecule has 0 bridgehead atoms. The summed E-state index contributed by atoms with van der Waals surface area (Å²) in [4.78, 5) is 4.87. The van der Waals surface area contributed by atoms with Crippen LogP contribution in [0.4, 0.5) is 0 Å². The number of aliphatic hydroxyl groups excluding tert-OH is 1. The fraction of sp³-hybridized carbons (Fsp3) is 0.867. The number of hydrogen-bond donors (Lipinski definition) is 1. The summed E-state index contributed by atoms with van der Waals surface area (Å²) in [5.74, 6) is 2.18. The Morgan fingerprint density at radius 3 is 2.48 bits per heavy atom. The third-order valence-electron chi connectivity index (χ3n) is 4.82. The normalized spacial score (nSPS) is 22.6. The van der Waals surface area contributed by atoms with Gasteiger partial charge in [-0.2, -0.15) is 0 Å². The van der Waals surface area contributed by atoms with Gasteiger partial charge < -0.3 is 9.67 Å². The fourth-order valence-corrected chi connectivity index (χ4v) is 3.32. The summed E-state index contributed by atoms with van der Waals surface area (Å²) in [6.45, 7) is 9.55. The Balaban J connectivity index is 1.56. The lowest BCUT2D eigenvalue weighted by atomic mass is 10.1. The molecule has 1 unspecified atom stereocenters. The summed E-state index contributed by atoms with van der Waals surface area (Å²) < 4.78 is 2.33. The molecule has 1 saturated heterocycles. The van der Waals surface area contributed by atoms with Crippen molar-refractivity contribution in [3.63, 3.8) is 0 Å². The van der Waals surface area contributed by atoms with Crippen LogP contribution in [0.25, 0.3) is 0 Å². The second-order valence-corrected chi connectivity index (χ2v) is 6.32. The van der Waals surface area contributed by atoms with Gasteiger partial charge in [0, 0.05) is 38.3 Å². The van der Waals surface area contributed by atoms with Gasteiger partial charge in [-0.15, -0.1) is 10.2 Å². The molecule has 2 heterocycles. The first-order valence-electron chi connectivity index (χ1n) is 8.20. The van der Waals surface area contributed by atoms with Crippen LogP contribution in [0.1, 0.15) is 43.9 Å². The van der Waals surface area contributed by atoms with Gasteiger partial charge in [0.25, 0.3) is 0 Å². The highest BCUT2D eigenvalue weighted by Gasteiger charge is 2.29. The maximum Gasteiger partial charge on any atom is 0.147 e. The van der Waals surface area contributed by atoms with Crippen LogP contribution in [0.2, 0.25) is 0 Å². The monoisotopic (exact) mass is 293 g/mol. The molecule has 1 aromatic rings. The molecule has 1 aliphatic carbocycles. The lowest BCUT2D eigenvalue weighted by Crippen LogP contribution is -2.51. The zero-order valence-corrected chi connectivity index (χ0v) is 13.2. The van der Waals surface area contributed by atoms with Gasteiger partial charge >= 0.3 is 0 Å². The summed E-state index contributed by atoms with van der Waals surface area (Å²) in [6.07, 6.45) is 3.56. The minimum absolute atomic E-state index is 0.270. The topological polar surface area (TPSA) is 57.4 Å². The van der Waals surface area contributed by atoms with Crippen LogP contribution in [0.3, 0.4) is 0 Å². The molecule has 1 aromatic heterocycles. The fourth-order valence-electron chi connectivity index (χ4n) is 3.32. The smallest absolute Gasteiger partial charge is 0.147 e. The van der Waals surface area contributed by atoms with E-state index in [0.717, 1.165) is 50.8 Å². The highest BCUT2D eigenvalue weighted by atomic mass is 16.3. The number of hydrogen-bond acceptors (Lipinski definition) is 5. The van der Waals surface area contributed by atoms with Crippen molar-refractivity contribution in [1.82, 2.24) is 24.6 Å². The molecule has 6 heteroatoms. The van der Waals surface area contributed by atoms with Crippen LogP contribution in [-0.2, 0) is 6.54 Å². The summed E-state index contributed by atoms with van der Waals surface area (Å²) >= 11 is 0. The van der Waals surface area contributed by atoms with Crippen LogP contribution in [0.5, 0.6) is 0 Å². The summed E-state index contributed by atoms with van der Waals surface area (Å²) in [7, 11) is 0. The molecule has 1 atom stereocenters. The van der Waals surface area contributed by atoms with Crippen LogP contribution in [0, 0.1) is 6.92 Å². The lowest BCUT2D eigenvalue weighted by molar-refractivity contribution is 0.0594. The van der Waals surface area contributed by atoms with E-state index in [0.29, 0.717) is 12.1 Å². The molecule has 0 radical (unpaired) electrons. The minimum atomic E-state index is 0.270. The van der Waals surface area contributed by atoms with Gasteiger partial charge in [-0.3, -0.25) is 9.80 Å². The van der Waals surface area contributed by atoms with E-state index in [-0.39, 0.29) is 6.61 Å². The Bertz CT molecular complexity index is 459. The molecule has 0 spiro atoms. The van der Waals surface area contributed by atoms with E-state index in [4.69, 9.17) is 0 Å². The Morgan fingerprint density at radius 2 is 1.90 bits per heavy atom. The Kier molecular flexibility index (Phi) is 4.57. The van der Waals surface area contributed by atoms with Crippen molar-refractivity contribution in [2.75, 3.05) is 32.8 Å². The van der Waals surface area contributed by atoms with Crippen molar-refractivity contribution in [1.29, 1.82) is 0 Å². The summed E-state index contributed by atoms with van der Waals surface area (Å²) in [6, 6.07) is 0.972. The Morgan fingerprint density at radius 1 is 1.19 bits per heavy atom. The number of nitrogens with zero attached hydrogens (tertiary/aromatic N) is 5. The average Bonchev–Trinajstić information content (AvgIpc) is 3.27. The van der Waals surface area contributed by atoms with Crippen LogP contribution >= 0.6 is 0 Å². The molecule has 21 heavy (non-hydrogen) atoms. The molecular formula is C15H27N5O. The molecule has 0 amide bonds. The van der Waals surface area contributed by atoms with E-state index in [1.54, 1.807) is 0 Å². The van der Waals surface area contributed by atoms with Crippen LogP contribution in [0.15, 0.2) is 0 Å². The van der Waals surface area contributed by atoms with E-state index in [1.165, 1.54) is 12.8 Å². The number of aromatic nitrogens is 3. The van der Waals surface area contributed by atoms with E-state index >= 15 is 0 Å². The van der Waals surface area contributed by atoms with Crippen molar-refractivity contribution in [3.8, 4) is 0 Å². The van der Waals surface area contributed by atoms with Gasteiger partial charge in [-0.25, -0.2) is 0 Å². The SMILES string of the molecule is CCC(CO)N1CCN(Cc2nnc(C)n2C2CC2)CC1. The molecule has 0 aromatic carbocycles. The van der Waals surface area contributed by atoms with Gasteiger partial charge in [0.15, 0.2) is 0 Å². The standard InChI is InChI=1S/C15H27N5O/c1-3-13(11-21)19-8-6-18(7-9-19)10-15-17-16-12(2)20(15)14-4-5-14/h13-14,21H,3-11H2,1-2H3. The highest BCUT2D eigenvalue weighted by molar-refractivity contribution is 5.01. The number of aliphatic hydroxyl groups is 1. The molecule has 1 N–H and O–H groups in total. The predicted molar refractivity (Wildman–Crippen MR) is 81.0 cm³/mol. The van der Waals surface area contributed by atoms with Crippen molar-refractivity contribution in [2.24, 2.45) is 0 Å². The lowest BCUT2D eigenvalue weighted by Gasteiger charge is -2.38. The van der Waals surface area contributed by atoms with E-state index in [2.05, 4.69) is 38.4 Å². The van der Waals surface area contributed by atoms with Crippen molar-refractivity contribution >= 4 is 0 Å². The first-order valence-corrected chi connectivity index (χ1v) is 8.20. The Hall–Kier alpha value is -0.980. The zero-order valence-electron chi connectivity index (χ0n) is 13.2. The summed E-state index contributed by atoms with van der Waals surface area (Å²) in [5, 5.41) is 18.0. The first kappa shape index (κ1) is 14.9. The molecule has 1 aliphatic heterocycles. The second kappa shape index (κ2) is 6.42. The molecule has 118 valence electrons. The third-order valence-corrected chi connectivity index (χ3v) is 4.82.